The van der Waals surface area contributed by atoms with Crippen molar-refractivity contribution < 1.29 is 5.11 Å². The number of phenols is 1. The summed E-state index contributed by atoms with van der Waals surface area (Å²) in [6.07, 6.45) is 4.42. The zero-order valence-corrected chi connectivity index (χ0v) is 14.3. The minimum absolute atomic E-state index is 0.479. The lowest BCUT2D eigenvalue weighted by Gasteiger charge is -2.38. The average molecular weight is 315 g/mol. The molecule has 1 aromatic heterocycles. The van der Waals surface area contributed by atoms with Crippen molar-refractivity contribution in [1.82, 2.24) is 0 Å². The van der Waals surface area contributed by atoms with Crippen LogP contribution >= 0.6 is 11.3 Å². The van der Waals surface area contributed by atoms with Crippen LogP contribution < -0.4 is 4.90 Å². The van der Waals surface area contributed by atoms with Crippen molar-refractivity contribution >= 4 is 16.3 Å². The van der Waals surface area contributed by atoms with Crippen LogP contribution in [-0.2, 0) is 12.8 Å². The normalized spacial score (nSPS) is 18.7. The van der Waals surface area contributed by atoms with Gasteiger partial charge < -0.3 is 10.0 Å². The molecular weight excluding hydrogens is 290 g/mol. The molecule has 1 aliphatic rings. The summed E-state index contributed by atoms with van der Waals surface area (Å²) in [7, 11) is 0. The standard InChI is InChI=1S/C19H25NOS/c1-3-11-20(19-8-5-12-22-19)14(2)15-9-10-17-16(13-15)6-4-7-18(17)21/h4-8,12,14-15,21H,3,9-11,13H2,1-2H3/t14?,15-/m0/s1. The summed E-state index contributed by atoms with van der Waals surface area (Å²) in [4.78, 5) is 2.57. The molecule has 0 aliphatic heterocycles. The maximum Gasteiger partial charge on any atom is 0.119 e. The number of hydrogen-bond acceptors (Lipinski definition) is 3. The van der Waals surface area contributed by atoms with Crippen molar-refractivity contribution in [2.24, 2.45) is 5.92 Å². The first-order chi connectivity index (χ1) is 10.7. The lowest BCUT2D eigenvalue weighted by molar-refractivity contribution is 0.366. The summed E-state index contributed by atoms with van der Waals surface area (Å²) in [6, 6.07) is 10.9. The van der Waals surface area contributed by atoms with Crippen LogP contribution in [0.1, 0.15) is 37.8 Å². The highest BCUT2D eigenvalue weighted by molar-refractivity contribution is 7.14. The van der Waals surface area contributed by atoms with Gasteiger partial charge in [0.25, 0.3) is 0 Å². The maximum absolute atomic E-state index is 10.0. The van der Waals surface area contributed by atoms with Crippen molar-refractivity contribution in [3.05, 3.63) is 46.8 Å². The van der Waals surface area contributed by atoms with E-state index in [1.165, 1.54) is 22.5 Å². The smallest absolute Gasteiger partial charge is 0.119 e. The van der Waals surface area contributed by atoms with Crippen LogP contribution in [0.15, 0.2) is 35.7 Å². The van der Waals surface area contributed by atoms with E-state index in [2.05, 4.69) is 42.3 Å². The Kier molecular flexibility index (Phi) is 4.72. The largest absolute Gasteiger partial charge is 0.508 e. The Labute approximate surface area is 137 Å². The summed E-state index contributed by atoms with van der Waals surface area (Å²) in [5, 5.41) is 13.6. The topological polar surface area (TPSA) is 23.5 Å². The van der Waals surface area contributed by atoms with Crippen LogP contribution in [0.5, 0.6) is 5.75 Å². The van der Waals surface area contributed by atoms with Crippen LogP contribution in [0.2, 0.25) is 0 Å². The van der Waals surface area contributed by atoms with Crippen molar-refractivity contribution in [1.29, 1.82) is 0 Å². The van der Waals surface area contributed by atoms with Gasteiger partial charge in [-0.25, -0.2) is 0 Å². The second-order valence-corrected chi connectivity index (χ2v) is 7.23. The van der Waals surface area contributed by atoms with E-state index in [9.17, 15) is 5.11 Å². The summed E-state index contributed by atoms with van der Waals surface area (Å²) >= 11 is 1.84. The third-order valence-electron chi connectivity index (χ3n) is 4.92. The monoisotopic (exact) mass is 315 g/mol. The molecule has 1 aromatic carbocycles. The molecule has 0 spiro atoms. The van der Waals surface area contributed by atoms with Gasteiger partial charge in [0.1, 0.15) is 5.75 Å². The third kappa shape index (κ3) is 3.00. The van der Waals surface area contributed by atoms with Gasteiger partial charge in [-0.3, -0.25) is 0 Å². The summed E-state index contributed by atoms with van der Waals surface area (Å²) in [5.74, 6) is 1.13. The van der Waals surface area contributed by atoms with Crippen molar-refractivity contribution in [3.63, 3.8) is 0 Å². The molecule has 2 atom stereocenters. The zero-order chi connectivity index (χ0) is 15.5. The zero-order valence-electron chi connectivity index (χ0n) is 13.5. The molecule has 3 heteroatoms. The first-order valence-corrected chi connectivity index (χ1v) is 9.18. The number of benzene rings is 1. The van der Waals surface area contributed by atoms with Crippen molar-refractivity contribution in [2.45, 2.75) is 45.6 Å². The second kappa shape index (κ2) is 6.74. The van der Waals surface area contributed by atoms with E-state index in [-0.39, 0.29) is 0 Å². The van der Waals surface area contributed by atoms with E-state index in [4.69, 9.17) is 0 Å². The van der Waals surface area contributed by atoms with Crippen LogP contribution in [0.4, 0.5) is 5.00 Å². The highest BCUT2D eigenvalue weighted by Gasteiger charge is 2.28. The molecular formula is C19H25NOS. The van der Waals surface area contributed by atoms with Crippen LogP contribution in [0.3, 0.4) is 0 Å². The van der Waals surface area contributed by atoms with Gasteiger partial charge in [0, 0.05) is 12.6 Å². The number of hydrogen-bond donors (Lipinski definition) is 1. The summed E-state index contributed by atoms with van der Waals surface area (Å²) in [5.41, 5.74) is 2.51. The Morgan fingerprint density at radius 3 is 2.91 bits per heavy atom. The fraction of sp³-hybridized carbons (Fsp3) is 0.474. The molecule has 3 rings (SSSR count). The molecule has 118 valence electrons. The first-order valence-electron chi connectivity index (χ1n) is 8.30. The molecule has 0 radical (unpaired) electrons. The van der Waals surface area contributed by atoms with Gasteiger partial charge >= 0.3 is 0 Å². The minimum atomic E-state index is 0.479. The highest BCUT2D eigenvalue weighted by atomic mass is 32.1. The van der Waals surface area contributed by atoms with Crippen molar-refractivity contribution in [2.75, 3.05) is 11.4 Å². The number of thiophene rings is 1. The van der Waals surface area contributed by atoms with E-state index in [1.807, 2.05) is 23.5 Å². The van der Waals surface area contributed by atoms with Gasteiger partial charge in [0.15, 0.2) is 0 Å². The molecule has 0 bridgehead atoms. The van der Waals surface area contributed by atoms with Crippen LogP contribution in [0.25, 0.3) is 0 Å². The minimum Gasteiger partial charge on any atom is -0.508 e. The van der Waals surface area contributed by atoms with Gasteiger partial charge in [-0.05, 0) is 73.2 Å². The molecule has 0 fully saturated rings. The summed E-state index contributed by atoms with van der Waals surface area (Å²) in [6.45, 7) is 5.74. The number of rotatable bonds is 5. The molecule has 1 heterocycles. The molecule has 0 amide bonds. The van der Waals surface area contributed by atoms with Gasteiger partial charge in [0.05, 0.1) is 5.00 Å². The SMILES string of the molecule is CCCN(c1cccs1)C(C)[C@H]1CCc2c(O)cccc2C1. The second-order valence-electron chi connectivity index (χ2n) is 6.30. The Bertz CT molecular complexity index is 608. The molecule has 22 heavy (non-hydrogen) atoms. The number of phenolic OH excluding ortho intramolecular Hbond substituents is 1. The number of aromatic hydroxyl groups is 1. The van der Waals surface area contributed by atoms with E-state index < -0.39 is 0 Å². The van der Waals surface area contributed by atoms with Gasteiger partial charge in [-0.15, -0.1) is 11.3 Å². The van der Waals surface area contributed by atoms with E-state index >= 15 is 0 Å². The lowest BCUT2D eigenvalue weighted by atomic mass is 9.79. The van der Waals surface area contributed by atoms with Crippen LogP contribution in [0, 0.1) is 5.92 Å². The summed E-state index contributed by atoms with van der Waals surface area (Å²) < 4.78 is 0. The van der Waals surface area contributed by atoms with Gasteiger partial charge in [0.2, 0.25) is 0 Å². The molecule has 0 saturated heterocycles. The van der Waals surface area contributed by atoms with Gasteiger partial charge in [-0.1, -0.05) is 19.1 Å². The lowest BCUT2D eigenvalue weighted by Crippen LogP contribution is -2.41. The van der Waals surface area contributed by atoms with Crippen molar-refractivity contribution in [3.8, 4) is 5.75 Å². The van der Waals surface area contributed by atoms with E-state index in [0.717, 1.165) is 25.8 Å². The van der Waals surface area contributed by atoms with E-state index in [0.29, 0.717) is 17.7 Å². The molecule has 1 N–H and O–H groups in total. The predicted octanol–water partition coefficient (Wildman–Crippen LogP) is 4.86. The Hall–Kier alpha value is -1.48. The first kappa shape index (κ1) is 15.4. The molecule has 2 aromatic rings. The quantitative estimate of drug-likeness (QED) is 0.851. The number of fused-ring (bicyclic) bond motifs is 1. The fourth-order valence-corrected chi connectivity index (χ4v) is 4.52. The molecule has 1 aliphatic carbocycles. The molecule has 2 nitrogen and oxygen atoms in total. The number of nitrogens with zero attached hydrogens (tertiary/aromatic N) is 1. The molecule has 0 saturated carbocycles. The Morgan fingerprint density at radius 1 is 1.32 bits per heavy atom. The molecule has 1 unspecified atom stereocenters. The van der Waals surface area contributed by atoms with E-state index in [1.54, 1.807) is 0 Å². The highest BCUT2D eigenvalue weighted by Crippen LogP contribution is 2.35. The fourth-order valence-electron chi connectivity index (χ4n) is 3.67. The number of anilines is 1. The maximum atomic E-state index is 10.0. The average Bonchev–Trinajstić information content (AvgIpc) is 3.06. The predicted molar refractivity (Wildman–Crippen MR) is 95.0 cm³/mol. The Balaban J connectivity index is 1.79. The van der Waals surface area contributed by atoms with Crippen LogP contribution in [-0.4, -0.2) is 17.7 Å². The third-order valence-corrected chi connectivity index (χ3v) is 5.83. The Morgan fingerprint density at radius 2 is 2.18 bits per heavy atom. The van der Waals surface area contributed by atoms with Gasteiger partial charge in [-0.2, -0.15) is 0 Å².